The van der Waals surface area contributed by atoms with Crippen LogP contribution in [0.1, 0.15) is 29.2 Å². The van der Waals surface area contributed by atoms with E-state index in [4.69, 9.17) is 9.47 Å². The van der Waals surface area contributed by atoms with Crippen molar-refractivity contribution in [1.29, 1.82) is 0 Å². The number of nitrogens with one attached hydrogen (secondary N) is 1. The van der Waals surface area contributed by atoms with Gasteiger partial charge in [-0.05, 0) is 72.0 Å². The summed E-state index contributed by atoms with van der Waals surface area (Å²) in [5.74, 6) is 1.55. The predicted molar refractivity (Wildman–Crippen MR) is 129 cm³/mol. The Hall–Kier alpha value is -3.46. The molecule has 0 spiro atoms. The molecule has 4 aromatic rings. The van der Waals surface area contributed by atoms with E-state index in [0.717, 1.165) is 29.3 Å². The van der Waals surface area contributed by atoms with Crippen molar-refractivity contribution in [2.24, 2.45) is 0 Å². The topological polar surface area (TPSA) is 30.5 Å². The second kappa shape index (κ2) is 9.57. The van der Waals surface area contributed by atoms with Crippen LogP contribution in [0.2, 0.25) is 0 Å². The predicted octanol–water partition coefficient (Wildman–Crippen LogP) is 7.05. The normalized spacial score (nSPS) is 10.8. The first-order chi connectivity index (χ1) is 15.2. The molecule has 0 fully saturated rings. The second-order valence-corrected chi connectivity index (χ2v) is 7.74. The van der Waals surface area contributed by atoms with Gasteiger partial charge < -0.3 is 14.8 Å². The van der Waals surface area contributed by atoms with Crippen LogP contribution in [-0.4, -0.2) is 6.61 Å². The largest absolute Gasteiger partial charge is 0.490 e. The van der Waals surface area contributed by atoms with Gasteiger partial charge in [-0.3, -0.25) is 0 Å². The molecule has 31 heavy (non-hydrogen) atoms. The number of ether oxygens (including phenoxy) is 2. The van der Waals surface area contributed by atoms with Gasteiger partial charge in [-0.25, -0.2) is 0 Å². The number of hydrogen-bond donors (Lipinski definition) is 1. The molecule has 0 aliphatic carbocycles. The molecule has 0 bridgehead atoms. The van der Waals surface area contributed by atoms with Gasteiger partial charge in [0.1, 0.15) is 6.61 Å². The van der Waals surface area contributed by atoms with Crippen molar-refractivity contribution >= 4 is 16.5 Å². The van der Waals surface area contributed by atoms with Crippen molar-refractivity contribution in [2.75, 3.05) is 11.9 Å². The summed E-state index contributed by atoms with van der Waals surface area (Å²) >= 11 is 0. The molecule has 0 radical (unpaired) electrons. The van der Waals surface area contributed by atoms with E-state index in [1.54, 1.807) is 0 Å². The number of fused-ring (bicyclic) bond motifs is 1. The summed E-state index contributed by atoms with van der Waals surface area (Å²) in [6.45, 7) is 8.10. The fraction of sp³-hybridized carbons (Fsp3) is 0.214. The molecule has 1 N–H and O–H groups in total. The zero-order valence-corrected chi connectivity index (χ0v) is 18.4. The summed E-state index contributed by atoms with van der Waals surface area (Å²) in [5, 5.41) is 5.98. The maximum atomic E-state index is 6.19. The number of anilines is 1. The van der Waals surface area contributed by atoms with Crippen LogP contribution in [0.15, 0.2) is 78.9 Å². The quantitative estimate of drug-likeness (QED) is 0.337. The molecular formula is C28H29NO2. The van der Waals surface area contributed by atoms with E-state index in [1.165, 1.54) is 27.5 Å². The van der Waals surface area contributed by atoms with E-state index in [1.807, 2.05) is 13.0 Å². The van der Waals surface area contributed by atoms with Crippen LogP contribution in [0.4, 0.5) is 5.69 Å². The van der Waals surface area contributed by atoms with Crippen molar-refractivity contribution in [3.05, 3.63) is 101 Å². The third-order valence-electron chi connectivity index (χ3n) is 5.66. The lowest BCUT2D eigenvalue weighted by Crippen LogP contribution is -2.04. The van der Waals surface area contributed by atoms with Crippen LogP contribution in [0.25, 0.3) is 10.8 Å². The van der Waals surface area contributed by atoms with E-state index >= 15 is 0 Å². The molecule has 3 heteroatoms. The smallest absolute Gasteiger partial charge is 0.161 e. The summed E-state index contributed by atoms with van der Waals surface area (Å²) in [5.41, 5.74) is 6.05. The first-order valence-electron chi connectivity index (χ1n) is 10.8. The van der Waals surface area contributed by atoms with Gasteiger partial charge in [0.2, 0.25) is 0 Å². The Kier molecular flexibility index (Phi) is 6.42. The Morgan fingerprint density at radius 2 is 1.58 bits per heavy atom. The summed E-state index contributed by atoms with van der Waals surface area (Å²) < 4.78 is 12.1. The van der Waals surface area contributed by atoms with E-state index in [-0.39, 0.29) is 0 Å². The number of aryl methyl sites for hydroxylation is 1. The molecule has 4 rings (SSSR count). The molecule has 4 aromatic carbocycles. The average Bonchev–Trinajstić information content (AvgIpc) is 2.79. The number of rotatable bonds is 8. The minimum atomic E-state index is 0.501. The van der Waals surface area contributed by atoms with Gasteiger partial charge in [-0.2, -0.15) is 0 Å². The van der Waals surface area contributed by atoms with Crippen LogP contribution in [0.5, 0.6) is 11.5 Å². The Bertz CT molecular complexity index is 1180. The molecule has 0 amide bonds. The molecule has 0 unspecified atom stereocenters. The van der Waals surface area contributed by atoms with Gasteiger partial charge in [0.25, 0.3) is 0 Å². The summed E-state index contributed by atoms with van der Waals surface area (Å²) in [6, 6.07) is 27.2. The lowest BCUT2D eigenvalue weighted by atomic mass is 10.1. The highest BCUT2D eigenvalue weighted by atomic mass is 16.5. The summed E-state index contributed by atoms with van der Waals surface area (Å²) in [6.07, 6.45) is 0. The minimum absolute atomic E-state index is 0.501. The lowest BCUT2D eigenvalue weighted by Gasteiger charge is -2.16. The highest BCUT2D eigenvalue weighted by molar-refractivity contribution is 5.85. The monoisotopic (exact) mass is 411 g/mol. The first kappa shape index (κ1) is 20.8. The molecule has 0 aliphatic rings. The summed E-state index contributed by atoms with van der Waals surface area (Å²) in [7, 11) is 0. The molecule has 158 valence electrons. The van der Waals surface area contributed by atoms with E-state index in [0.29, 0.717) is 13.2 Å². The van der Waals surface area contributed by atoms with Crippen LogP contribution < -0.4 is 14.8 Å². The van der Waals surface area contributed by atoms with E-state index in [9.17, 15) is 0 Å². The lowest BCUT2D eigenvalue weighted by molar-refractivity contribution is 0.270. The zero-order valence-electron chi connectivity index (χ0n) is 18.4. The summed E-state index contributed by atoms with van der Waals surface area (Å²) in [4.78, 5) is 0. The van der Waals surface area contributed by atoms with Crippen molar-refractivity contribution < 1.29 is 9.47 Å². The molecule has 0 saturated heterocycles. The molecule has 3 nitrogen and oxygen atoms in total. The van der Waals surface area contributed by atoms with Gasteiger partial charge >= 0.3 is 0 Å². The Morgan fingerprint density at radius 3 is 2.45 bits per heavy atom. The molecule has 0 saturated carbocycles. The highest BCUT2D eigenvalue weighted by Crippen LogP contribution is 2.31. The van der Waals surface area contributed by atoms with Gasteiger partial charge in [0.05, 0.1) is 6.61 Å². The van der Waals surface area contributed by atoms with Crippen LogP contribution >= 0.6 is 0 Å². The second-order valence-electron chi connectivity index (χ2n) is 7.74. The fourth-order valence-electron chi connectivity index (χ4n) is 3.76. The molecule has 0 aromatic heterocycles. The van der Waals surface area contributed by atoms with Crippen molar-refractivity contribution in [3.8, 4) is 11.5 Å². The van der Waals surface area contributed by atoms with Crippen LogP contribution in [0, 0.1) is 13.8 Å². The minimum Gasteiger partial charge on any atom is -0.490 e. The maximum Gasteiger partial charge on any atom is 0.161 e. The van der Waals surface area contributed by atoms with Crippen LogP contribution in [0.3, 0.4) is 0 Å². The highest BCUT2D eigenvalue weighted by Gasteiger charge is 2.09. The third-order valence-corrected chi connectivity index (χ3v) is 5.66. The van der Waals surface area contributed by atoms with Crippen molar-refractivity contribution in [3.63, 3.8) is 0 Å². The number of hydrogen-bond acceptors (Lipinski definition) is 3. The maximum absolute atomic E-state index is 6.19. The molecular weight excluding hydrogens is 382 g/mol. The van der Waals surface area contributed by atoms with Gasteiger partial charge in [0.15, 0.2) is 11.5 Å². The van der Waals surface area contributed by atoms with E-state index in [2.05, 4.69) is 92.0 Å². The number of benzene rings is 4. The first-order valence-corrected chi connectivity index (χ1v) is 10.8. The zero-order chi connectivity index (χ0) is 21.6. The van der Waals surface area contributed by atoms with Crippen molar-refractivity contribution in [1.82, 2.24) is 0 Å². The Morgan fingerprint density at radius 1 is 0.774 bits per heavy atom. The average molecular weight is 412 g/mol. The Balaban J connectivity index is 1.50. The molecule has 0 aliphatic heterocycles. The fourth-order valence-corrected chi connectivity index (χ4v) is 3.76. The molecule has 0 atom stereocenters. The molecule has 0 heterocycles. The van der Waals surface area contributed by atoms with Crippen molar-refractivity contribution in [2.45, 2.75) is 33.9 Å². The third kappa shape index (κ3) is 4.83. The van der Waals surface area contributed by atoms with Crippen LogP contribution in [-0.2, 0) is 13.2 Å². The van der Waals surface area contributed by atoms with Gasteiger partial charge in [-0.15, -0.1) is 0 Å². The SMILES string of the molecule is CCOc1cc(CNc2cccc(C)c2C)ccc1OCc1cccc2ccccc12. The standard InChI is InChI=1S/C28H29NO2/c1-4-30-28-17-22(18-29-26-14-7-9-20(2)21(26)3)15-16-27(28)31-19-24-12-8-11-23-10-5-6-13-25(23)24/h5-17,29H,4,18-19H2,1-3H3. The van der Waals surface area contributed by atoms with E-state index < -0.39 is 0 Å². The Labute approximate surface area is 184 Å². The van der Waals surface area contributed by atoms with Gasteiger partial charge in [0, 0.05) is 12.2 Å². The van der Waals surface area contributed by atoms with Gasteiger partial charge in [-0.1, -0.05) is 60.7 Å².